The van der Waals surface area contributed by atoms with Gasteiger partial charge < -0.3 is 11.1 Å². The molecule has 0 saturated heterocycles. The highest BCUT2D eigenvalue weighted by atomic mass is 79.9. The Morgan fingerprint density at radius 1 is 1.47 bits per heavy atom. The largest absolute Gasteiger partial charge is 0.324 e. The normalized spacial score (nSPS) is 12.9. The van der Waals surface area contributed by atoms with Crippen LogP contribution in [0.5, 0.6) is 0 Å². The second-order valence-electron chi connectivity index (χ2n) is 5.26. The second-order valence-corrected chi connectivity index (χ2v) is 6.11. The summed E-state index contributed by atoms with van der Waals surface area (Å²) in [4.78, 5) is 22.2. The number of halogens is 1. The Morgan fingerprint density at radius 3 is 2.53 bits per heavy atom. The molecule has 1 aromatic rings. The lowest BCUT2D eigenvalue weighted by Gasteiger charge is -2.25. The fraction of sp³-hybridized carbons (Fsp3) is 0.417. The summed E-state index contributed by atoms with van der Waals surface area (Å²) in [7, 11) is 0. The number of benzene rings is 1. The van der Waals surface area contributed by atoms with Crippen LogP contribution in [-0.4, -0.2) is 16.9 Å². The molecular formula is C12H16BrN3O3. The van der Waals surface area contributed by atoms with Gasteiger partial charge >= 0.3 is 0 Å². The number of nitro groups is 1. The number of anilines is 1. The monoisotopic (exact) mass is 329 g/mol. The molecule has 1 rings (SSSR count). The molecule has 1 aromatic carbocycles. The molecule has 0 aromatic heterocycles. The summed E-state index contributed by atoms with van der Waals surface area (Å²) in [6.45, 7) is 5.55. The molecule has 0 aliphatic rings. The molecule has 0 heterocycles. The molecule has 0 fully saturated rings. The molecule has 3 N–H and O–H groups in total. The highest BCUT2D eigenvalue weighted by Gasteiger charge is 2.27. The zero-order valence-electron chi connectivity index (χ0n) is 10.9. The molecule has 0 saturated carbocycles. The van der Waals surface area contributed by atoms with E-state index in [1.165, 1.54) is 12.1 Å². The van der Waals surface area contributed by atoms with Crippen molar-refractivity contribution in [2.75, 3.05) is 5.32 Å². The number of nitrogens with one attached hydrogen (secondary N) is 1. The van der Waals surface area contributed by atoms with Gasteiger partial charge in [0.05, 0.1) is 15.4 Å². The van der Waals surface area contributed by atoms with E-state index in [-0.39, 0.29) is 17.0 Å². The molecule has 1 unspecified atom stereocenters. The van der Waals surface area contributed by atoms with Crippen LogP contribution >= 0.6 is 15.9 Å². The Labute approximate surface area is 119 Å². The highest BCUT2D eigenvalue weighted by Crippen LogP contribution is 2.28. The van der Waals surface area contributed by atoms with Gasteiger partial charge in [0.1, 0.15) is 0 Å². The quantitative estimate of drug-likeness (QED) is 0.657. The van der Waals surface area contributed by atoms with Crippen molar-refractivity contribution < 1.29 is 9.72 Å². The maximum absolute atomic E-state index is 11.9. The first-order valence-electron chi connectivity index (χ1n) is 5.63. The topological polar surface area (TPSA) is 98.3 Å². The molecule has 0 spiro atoms. The van der Waals surface area contributed by atoms with Crippen LogP contribution in [0.4, 0.5) is 11.4 Å². The Hall–Kier alpha value is -1.47. The summed E-state index contributed by atoms with van der Waals surface area (Å²) in [5.41, 5.74) is 5.67. The molecule has 1 amide bonds. The molecule has 0 radical (unpaired) electrons. The van der Waals surface area contributed by atoms with E-state index in [0.29, 0.717) is 10.2 Å². The summed E-state index contributed by atoms with van der Waals surface area (Å²) in [5.74, 6) is -0.371. The van der Waals surface area contributed by atoms with Crippen LogP contribution in [0.15, 0.2) is 22.7 Å². The summed E-state index contributed by atoms with van der Waals surface area (Å²) in [5, 5.41) is 13.4. The van der Waals surface area contributed by atoms with Gasteiger partial charge in [-0.05, 0) is 33.5 Å². The van der Waals surface area contributed by atoms with E-state index in [4.69, 9.17) is 5.73 Å². The van der Waals surface area contributed by atoms with Crippen molar-refractivity contribution in [3.05, 3.63) is 32.8 Å². The summed E-state index contributed by atoms with van der Waals surface area (Å²) in [6, 6.07) is 3.67. The van der Waals surface area contributed by atoms with Crippen LogP contribution in [0, 0.1) is 15.5 Å². The predicted octanol–water partition coefficient (Wildman–Crippen LogP) is 2.67. The number of hydrogen-bond donors (Lipinski definition) is 2. The number of rotatable bonds is 3. The number of nitrogens with zero attached hydrogens (tertiary/aromatic N) is 1. The number of carbonyl (C=O) groups excluding carboxylic acids is 1. The lowest BCUT2D eigenvalue weighted by Crippen LogP contribution is -2.45. The van der Waals surface area contributed by atoms with Gasteiger partial charge in [0, 0.05) is 11.8 Å². The third kappa shape index (κ3) is 4.00. The van der Waals surface area contributed by atoms with Crippen LogP contribution in [0.2, 0.25) is 0 Å². The van der Waals surface area contributed by atoms with E-state index in [2.05, 4.69) is 21.2 Å². The van der Waals surface area contributed by atoms with Crippen molar-refractivity contribution in [3.63, 3.8) is 0 Å². The van der Waals surface area contributed by atoms with Crippen molar-refractivity contribution >= 4 is 33.2 Å². The number of nitrogens with two attached hydrogens (primary N) is 1. The molecule has 0 bridgehead atoms. The molecule has 6 nitrogen and oxygen atoms in total. The number of amides is 1. The SMILES string of the molecule is CC(C)(C)C(N)C(=O)Nc1ccc(Br)c([N+](=O)[O-])c1. The number of carbonyl (C=O) groups is 1. The van der Waals surface area contributed by atoms with Gasteiger partial charge in [-0.1, -0.05) is 20.8 Å². The minimum atomic E-state index is -0.699. The fourth-order valence-electron chi connectivity index (χ4n) is 1.34. The van der Waals surface area contributed by atoms with E-state index in [9.17, 15) is 14.9 Å². The average molecular weight is 330 g/mol. The molecule has 19 heavy (non-hydrogen) atoms. The van der Waals surface area contributed by atoms with Crippen molar-refractivity contribution in [3.8, 4) is 0 Å². The first kappa shape index (κ1) is 15.6. The van der Waals surface area contributed by atoms with Gasteiger partial charge in [0.15, 0.2) is 0 Å². The number of nitro benzene ring substituents is 1. The summed E-state index contributed by atoms with van der Waals surface area (Å²) >= 11 is 3.08. The van der Waals surface area contributed by atoms with Crippen molar-refractivity contribution in [1.29, 1.82) is 0 Å². The number of hydrogen-bond acceptors (Lipinski definition) is 4. The lowest BCUT2D eigenvalue weighted by atomic mass is 9.87. The predicted molar refractivity (Wildman–Crippen MR) is 76.9 cm³/mol. The first-order chi connectivity index (χ1) is 8.62. The van der Waals surface area contributed by atoms with Crippen LogP contribution in [0.1, 0.15) is 20.8 Å². The Balaban J connectivity index is 2.92. The minimum Gasteiger partial charge on any atom is -0.324 e. The third-order valence-electron chi connectivity index (χ3n) is 2.63. The zero-order chi connectivity index (χ0) is 14.8. The molecular weight excluding hydrogens is 314 g/mol. The van der Waals surface area contributed by atoms with Gasteiger partial charge in [-0.3, -0.25) is 14.9 Å². The maximum atomic E-state index is 11.9. The van der Waals surface area contributed by atoms with Crippen molar-refractivity contribution in [2.45, 2.75) is 26.8 Å². The molecule has 0 aliphatic carbocycles. The van der Waals surface area contributed by atoms with Gasteiger partial charge in [-0.15, -0.1) is 0 Å². The third-order valence-corrected chi connectivity index (χ3v) is 3.30. The van der Waals surface area contributed by atoms with Gasteiger partial charge in [0.2, 0.25) is 5.91 Å². The van der Waals surface area contributed by atoms with Crippen molar-refractivity contribution in [1.82, 2.24) is 0 Å². The first-order valence-corrected chi connectivity index (χ1v) is 6.42. The summed E-state index contributed by atoms with van der Waals surface area (Å²) < 4.78 is 0.357. The molecule has 1 atom stereocenters. The lowest BCUT2D eigenvalue weighted by molar-refractivity contribution is -0.385. The molecule has 104 valence electrons. The van der Waals surface area contributed by atoms with Gasteiger partial charge in [-0.2, -0.15) is 0 Å². The van der Waals surface area contributed by atoms with E-state index >= 15 is 0 Å². The fourth-order valence-corrected chi connectivity index (χ4v) is 1.74. The Bertz CT molecular complexity index is 511. The van der Waals surface area contributed by atoms with E-state index in [1.807, 2.05) is 20.8 Å². The van der Waals surface area contributed by atoms with Crippen molar-refractivity contribution in [2.24, 2.45) is 11.1 Å². The van der Waals surface area contributed by atoms with Crippen LogP contribution < -0.4 is 11.1 Å². The van der Waals surface area contributed by atoms with E-state index < -0.39 is 11.0 Å². The highest BCUT2D eigenvalue weighted by molar-refractivity contribution is 9.10. The molecule has 7 heteroatoms. The van der Waals surface area contributed by atoms with Crippen LogP contribution in [0.3, 0.4) is 0 Å². The zero-order valence-corrected chi connectivity index (χ0v) is 12.5. The summed E-state index contributed by atoms with van der Waals surface area (Å²) in [6.07, 6.45) is 0. The minimum absolute atomic E-state index is 0.109. The second kappa shape index (κ2) is 5.66. The smallest absolute Gasteiger partial charge is 0.285 e. The van der Waals surface area contributed by atoms with Crippen LogP contribution in [-0.2, 0) is 4.79 Å². The maximum Gasteiger partial charge on any atom is 0.285 e. The molecule has 0 aliphatic heterocycles. The van der Waals surface area contributed by atoms with Gasteiger partial charge in [-0.25, -0.2) is 0 Å². The Morgan fingerprint density at radius 2 is 2.05 bits per heavy atom. The average Bonchev–Trinajstić information content (AvgIpc) is 2.29. The Kier molecular flexibility index (Phi) is 4.65. The van der Waals surface area contributed by atoms with Gasteiger partial charge in [0.25, 0.3) is 5.69 Å². The van der Waals surface area contributed by atoms with E-state index in [0.717, 1.165) is 0 Å². The van der Waals surface area contributed by atoms with Crippen LogP contribution in [0.25, 0.3) is 0 Å². The van der Waals surface area contributed by atoms with E-state index in [1.54, 1.807) is 6.07 Å². The standard InChI is InChI=1S/C12H16BrN3O3/c1-12(2,3)10(14)11(17)15-7-4-5-8(13)9(6-7)16(18)19/h4-6,10H,14H2,1-3H3,(H,15,17).